The number of carbonyl (C=O) groups excluding carboxylic acids is 1. The average Bonchev–Trinajstić information content (AvgIpc) is 3.31. The number of carbonyl (C=O) groups is 1. The van der Waals surface area contributed by atoms with E-state index in [1.165, 1.54) is 12.1 Å². The Kier molecular flexibility index (Phi) is 8.41. The standard InChI is InChI=1S/C20H27ClFN3O.2ClH/c21-18-10-15(22)4-3-14(18)12-25-9-1-2-16(13-25)24-19(26)17-11-20(17)5-7-23-8-6-20;;/h3-4,10,16-17,23H,1-2,5-9,11-13H2,(H,24,26);2*1H. The molecule has 3 aliphatic rings. The van der Waals surface area contributed by atoms with Gasteiger partial charge in [-0.1, -0.05) is 17.7 Å². The third-order valence-electron chi connectivity index (χ3n) is 6.37. The molecule has 0 bridgehead atoms. The predicted octanol–water partition coefficient (Wildman–Crippen LogP) is 3.79. The molecule has 8 heteroatoms. The highest BCUT2D eigenvalue weighted by Gasteiger charge is 2.57. The van der Waals surface area contributed by atoms with Crippen molar-refractivity contribution < 1.29 is 9.18 Å². The number of nitrogens with zero attached hydrogens (tertiary/aromatic N) is 1. The molecule has 28 heavy (non-hydrogen) atoms. The Hall–Kier alpha value is -0.590. The van der Waals surface area contributed by atoms with E-state index >= 15 is 0 Å². The van der Waals surface area contributed by atoms with Crippen LogP contribution in [0.4, 0.5) is 4.39 Å². The first kappa shape index (κ1) is 23.7. The van der Waals surface area contributed by atoms with Crippen LogP contribution in [0.2, 0.25) is 5.02 Å². The fourth-order valence-corrected chi connectivity index (χ4v) is 4.93. The van der Waals surface area contributed by atoms with E-state index in [0.717, 1.165) is 63.8 Å². The van der Waals surface area contributed by atoms with Crippen molar-refractivity contribution in [3.05, 3.63) is 34.6 Å². The van der Waals surface area contributed by atoms with Crippen molar-refractivity contribution in [2.45, 2.75) is 44.7 Å². The van der Waals surface area contributed by atoms with Gasteiger partial charge in [-0.15, -0.1) is 24.8 Å². The van der Waals surface area contributed by atoms with Crippen LogP contribution >= 0.6 is 36.4 Å². The number of nitrogens with one attached hydrogen (secondary N) is 2. The zero-order valence-corrected chi connectivity index (χ0v) is 18.3. The molecule has 4 rings (SSSR count). The zero-order valence-electron chi connectivity index (χ0n) is 15.9. The quantitative estimate of drug-likeness (QED) is 0.730. The van der Waals surface area contributed by atoms with E-state index in [9.17, 15) is 9.18 Å². The molecule has 1 aliphatic carbocycles. The van der Waals surface area contributed by atoms with Crippen LogP contribution in [0.1, 0.15) is 37.7 Å². The Morgan fingerprint density at radius 2 is 2.07 bits per heavy atom. The molecule has 1 aromatic carbocycles. The Morgan fingerprint density at radius 1 is 1.32 bits per heavy atom. The highest BCUT2D eigenvalue weighted by atomic mass is 35.5. The molecular formula is C20H29Cl3FN3O. The molecule has 1 spiro atoms. The second-order valence-corrected chi connectivity index (χ2v) is 8.59. The van der Waals surface area contributed by atoms with Crippen molar-refractivity contribution in [1.82, 2.24) is 15.5 Å². The summed E-state index contributed by atoms with van der Waals surface area (Å²) in [6.07, 6.45) is 5.40. The second-order valence-electron chi connectivity index (χ2n) is 8.19. The first-order valence-corrected chi connectivity index (χ1v) is 10.1. The largest absolute Gasteiger partial charge is 0.352 e. The molecule has 2 aliphatic heterocycles. The van der Waals surface area contributed by atoms with Crippen molar-refractivity contribution in [1.29, 1.82) is 0 Å². The van der Waals surface area contributed by atoms with Crippen LogP contribution in [0.5, 0.6) is 0 Å². The van der Waals surface area contributed by atoms with Crippen LogP contribution in [0.15, 0.2) is 18.2 Å². The van der Waals surface area contributed by atoms with Gasteiger partial charge >= 0.3 is 0 Å². The first-order chi connectivity index (χ1) is 12.6. The molecular weight excluding hydrogens is 424 g/mol. The lowest BCUT2D eigenvalue weighted by Crippen LogP contribution is -2.48. The van der Waals surface area contributed by atoms with Gasteiger partial charge in [0.25, 0.3) is 0 Å². The van der Waals surface area contributed by atoms with E-state index in [2.05, 4.69) is 15.5 Å². The molecule has 2 heterocycles. The minimum absolute atomic E-state index is 0. The number of amides is 1. The van der Waals surface area contributed by atoms with Crippen LogP contribution in [0, 0.1) is 17.2 Å². The van der Waals surface area contributed by atoms with Crippen molar-refractivity contribution in [3.8, 4) is 0 Å². The molecule has 2 saturated heterocycles. The van der Waals surface area contributed by atoms with Gasteiger partial charge in [0.05, 0.1) is 0 Å². The van der Waals surface area contributed by atoms with E-state index < -0.39 is 0 Å². The summed E-state index contributed by atoms with van der Waals surface area (Å²) in [7, 11) is 0. The molecule has 1 amide bonds. The van der Waals surface area contributed by atoms with Crippen molar-refractivity contribution in [2.75, 3.05) is 26.2 Å². The summed E-state index contributed by atoms with van der Waals surface area (Å²) in [6, 6.07) is 4.78. The third-order valence-corrected chi connectivity index (χ3v) is 6.72. The molecule has 0 radical (unpaired) electrons. The van der Waals surface area contributed by atoms with Gasteiger partial charge < -0.3 is 10.6 Å². The van der Waals surface area contributed by atoms with E-state index in [1.807, 2.05) is 0 Å². The van der Waals surface area contributed by atoms with Crippen molar-refractivity contribution in [3.63, 3.8) is 0 Å². The average molecular weight is 453 g/mol. The predicted molar refractivity (Wildman–Crippen MR) is 115 cm³/mol. The van der Waals surface area contributed by atoms with E-state index in [-0.39, 0.29) is 53.9 Å². The SMILES string of the molecule is Cl.Cl.O=C(NC1CCCN(Cc2ccc(F)cc2Cl)C1)C1CC12CCNCC2. The first-order valence-electron chi connectivity index (χ1n) is 9.73. The van der Waals surface area contributed by atoms with Gasteiger partial charge in [0.15, 0.2) is 0 Å². The van der Waals surface area contributed by atoms with E-state index in [4.69, 9.17) is 11.6 Å². The summed E-state index contributed by atoms with van der Waals surface area (Å²) in [5, 5.41) is 7.16. The summed E-state index contributed by atoms with van der Waals surface area (Å²) in [4.78, 5) is 15.0. The van der Waals surface area contributed by atoms with Crippen molar-refractivity contribution >= 4 is 42.3 Å². The van der Waals surface area contributed by atoms with E-state index in [1.54, 1.807) is 6.07 Å². The number of likely N-dealkylation sites (tertiary alicyclic amines) is 1. The lowest BCUT2D eigenvalue weighted by Gasteiger charge is -2.33. The van der Waals surface area contributed by atoms with Crippen LogP contribution in [0.25, 0.3) is 0 Å². The molecule has 2 unspecified atom stereocenters. The fourth-order valence-electron chi connectivity index (χ4n) is 4.71. The molecule has 2 N–H and O–H groups in total. The lowest BCUT2D eigenvalue weighted by atomic mass is 9.91. The summed E-state index contributed by atoms with van der Waals surface area (Å²) < 4.78 is 13.2. The van der Waals surface area contributed by atoms with Crippen molar-refractivity contribution in [2.24, 2.45) is 11.3 Å². The van der Waals surface area contributed by atoms with Gasteiger partial charge in [-0.25, -0.2) is 4.39 Å². The molecule has 1 saturated carbocycles. The smallest absolute Gasteiger partial charge is 0.223 e. The molecule has 158 valence electrons. The Morgan fingerprint density at radius 3 is 2.79 bits per heavy atom. The number of piperidine rings is 2. The number of benzene rings is 1. The normalized spacial score (nSPS) is 26.1. The van der Waals surface area contributed by atoms with Gasteiger partial charge in [0.1, 0.15) is 5.82 Å². The molecule has 4 nitrogen and oxygen atoms in total. The maximum absolute atomic E-state index is 13.2. The minimum Gasteiger partial charge on any atom is -0.352 e. The van der Waals surface area contributed by atoms with Crippen LogP contribution in [-0.2, 0) is 11.3 Å². The second kappa shape index (κ2) is 9.94. The molecule has 1 aromatic rings. The maximum atomic E-state index is 13.2. The Labute approximate surface area is 183 Å². The van der Waals surface area contributed by atoms with Crippen LogP contribution in [0.3, 0.4) is 0 Å². The number of rotatable bonds is 4. The summed E-state index contributed by atoms with van der Waals surface area (Å²) in [6.45, 7) is 4.60. The topological polar surface area (TPSA) is 44.4 Å². The number of hydrogen-bond donors (Lipinski definition) is 2. The summed E-state index contributed by atoms with van der Waals surface area (Å²) in [5.74, 6) is 0.156. The third kappa shape index (κ3) is 5.31. The lowest BCUT2D eigenvalue weighted by molar-refractivity contribution is -0.124. The van der Waals surface area contributed by atoms with Gasteiger partial charge in [0, 0.05) is 30.1 Å². The van der Waals surface area contributed by atoms with Gasteiger partial charge in [0.2, 0.25) is 5.91 Å². The van der Waals surface area contributed by atoms with Gasteiger partial charge in [-0.2, -0.15) is 0 Å². The van der Waals surface area contributed by atoms with Crippen LogP contribution in [-0.4, -0.2) is 43.0 Å². The number of halogens is 4. The highest BCUT2D eigenvalue weighted by Crippen LogP contribution is 2.58. The minimum atomic E-state index is -0.307. The molecule has 3 fully saturated rings. The van der Waals surface area contributed by atoms with Crippen LogP contribution < -0.4 is 10.6 Å². The summed E-state index contributed by atoms with van der Waals surface area (Å²) >= 11 is 6.16. The fraction of sp³-hybridized carbons (Fsp3) is 0.650. The summed E-state index contributed by atoms with van der Waals surface area (Å²) in [5.41, 5.74) is 1.22. The Bertz CT molecular complexity index is 685. The van der Waals surface area contributed by atoms with Gasteiger partial charge in [-0.3, -0.25) is 9.69 Å². The molecule has 2 atom stereocenters. The zero-order chi connectivity index (χ0) is 18.1. The van der Waals surface area contributed by atoms with E-state index in [0.29, 0.717) is 11.6 Å². The maximum Gasteiger partial charge on any atom is 0.223 e. The Balaban J connectivity index is 0.00000140. The van der Waals surface area contributed by atoms with Gasteiger partial charge in [-0.05, 0) is 74.8 Å². The molecule has 0 aromatic heterocycles. The number of hydrogen-bond acceptors (Lipinski definition) is 3. The highest BCUT2D eigenvalue weighted by molar-refractivity contribution is 6.31. The monoisotopic (exact) mass is 451 g/mol.